The van der Waals surface area contributed by atoms with Crippen LogP contribution in [0.4, 0.5) is 0 Å². The Bertz CT molecular complexity index is 259. The predicted octanol–water partition coefficient (Wildman–Crippen LogP) is 1.78. The lowest BCUT2D eigenvalue weighted by atomic mass is 9.81. The van der Waals surface area contributed by atoms with Crippen LogP contribution in [-0.4, -0.2) is 36.5 Å². The van der Waals surface area contributed by atoms with Gasteiger partial charge in [-0.3, -0.25) is 4.79 Å². The van der Waals surface area contributed by atoms with Crippen molar-refractivity contribution in [2.75, 3.05) is 20.1 Å². The summed E-state index contributed by atoms with van der Waals surface area (Å²) in [6.45, 7) is 4.12. The van der Waals surface area contributed by atoms with Gasteiger partial charge in [0.15, 0.2) is 0 Å². The average molecular weight is 224 g/mol. The Kier molecular flexibility index (Phi) is 3.53. The molecule has 1 amide bonds. The van der Waals surface area contributed by atoms with Crippen LogP contribution < -0.4 is 5.32 Å². The molecule has 1 aliphatic carbocycles. The highest BCUT2D eigenvalue weighted by Gasteiger charge is 2.40. The minimum absolute atomic E-state index is 0.0552. The number of amides is 1. The van der Waals surface area contributed by atoms with Crippen LogP contribution in [-0.2, 0) is 4.79 Å². The van der Waals surface area contributed by atoms with Gasteiger partial charge in [-0.1, -0.05) is 6.42 Å². The summed E-state index contributed by atoms with van der Waals surface area (Å²) < 4.78 is 0. The molecule has 92 valence electrons. The molecule has 1 heterocycles. The van der Waals surface area contributed by atoms with E-state index in [0.29, 0.717) is 11.8 Å². The first-order valence-corrected chi connectivity index (χ1v) is 6.63. The molecule has 0 aromatic rings. The summed E-state index contributed by atoms with van der Waals surface area (Å²) in [6, 6.07) is 0. The van der Waals surface area contributed by atoms with Gasteiger partial charge in [0, 0.05) is 19.0 Å². The zero-order valence-electron chi connectivity index (χ0n) is 10.6. The van der Waals surface area contributed by atoms with Gasteiger partial charge >= 0.3 is 0 Å². The number of rotatable bonds is 3. The maximum Gasteiger partial charge on any atom is 0.226 e. The van der Waals surface area contributed by atoms with Crippen LogP contribution in [0.5, 0.6) is 0 Å². The van der Waals surface area contributed by atoms with E-state index in [1.165, 1.54) is 19.3 Å². The van der Waals surface area contributed by atoms with Gasteiger partial charge in [0.2, 0.25) is 5.91 Å². The van der Waals surface area contributed by atoms with Gasteiger partial charge in [-0.05, 0) is 46.1 Å². The summed E-state index contributed by atoms with van der Waals surface area (Å²) in [4.78, 5) is 14.5. The summed E-state index contributed by atoms with van der Waals surface area (Å²) in [5.41, 5.74) is 0.0552. The summed E-state index contributed by atoms with van der Waals surface area (Å²) in [5, 5.41) is 3.24. The van der Waals surface area contributed by atoms with Crippen LogP contribution >= 0.6 is 0 Å². The van der Waals surface area contributed by atoms with Crippen LogP contribution in [0.1, 0.15) is 45.4 Å². The molecule has 3 nitrogen and oxygen atoms in total. The minimum atomic E-state index is 0.0552. The average Bonchev–Trinajstić information content (AvgIpc) is 2.15. The lowest BCUT2D eigenvalue weighted by Crippen LogP contribution is -2.59. The monoisotopic (exact) mass is 224 g/mol. The Morgan fingerprint density at radius 3 is 2.69 bits per heavy atom. The quantitative estimate of drug-likeness (QED) is 0.792. The molecule has 0 radical (unpaired) electrons. The molecular formula is C13H24N2O. The second-order valence-corrected chi connectivity index (χ2v) is 5.60. The maximum absolute atomic E-state index is 12.4. The van der Waals surface area contributed by atoms with E-state index >= 15 is 0 Å². The molecule has 1 aliphatic heterocycles. The molecule has 0 bridgehead atoms. The number of carbonyl (C=O) groups is 1. The first-order valence-electron chi connectivity index (χ1n) is 6.63. The number of hydrogen-bond donors (Lipinski definition) is 1. The standard InChI is InChI=1S/C13H24N2O/c1-13(10-14-2)8-3-4-9-15(13)12(16)11-6-5-7-11/h11,14H,3-10H2,1-2H3. The van der Waals surface area contributed by atoms with Gasteiger partial charge in [-0.2, -0.15) is 0 Å². The summed E-state index contributed by atoms with van der Waals surface area (Å²) in [6.07, 6.45) is 7.06. The highest BCUT2D eigenvalue weighted by atomic mass is 16.2. The van der Waals surface area contributed by atoms with Gasteiger partial charge in [0.25, 0.3) is 0 Å². The predicted molar refractivity (Wildman–Crippen MR) is 65.2 cm³/mol. The third-order valence-electron chi connectivity index (χ3n) is 4.28. The van der Waals surface area contributed by atoms with Crippen LogP contribution in [0.15, 0.2) is 0 Å². The van der Waals surface area contributed by atoms with E-state index < -0.39 is 0 Å². The smallest absolute Gasteiger partial charge is 0.226 e. The molecule has 0 aromatic carbocycles. The lowest BCUT2D eigenvalue weighted by molar-refractivity contribution is -0.146. The molecule has 3 heteroatoms. The first kappa shape index (κ1) is 11.9. The van der Waals surface area contributed by atoms with E-state index in [0.717, 1.165) is 32.4 Å². The van der Waals surface area contributed by atoms with Crippen molar-refractivity contribution in [3.05, 3.63) is 0 Å². The maximum atomic E-state index is 12.4. The Balaban J connectivity index is 2.05. The number of likely N-dealkylation sites (tertiary alicyclic amines) is 1. The fourth-order valence-corrected chi connectivity index (χ4v) is 3.00. The molecule has 1 N–H and O–H groups in total. The highest BCUT2D eigenvalue weighted by molar-refractivity contribution is 5.80. The molecule has 1 atom stereocenters. The van der Waals surface area contributed by atoms with E-state index in [4.69, 9.17) is 0 Å². The molecule has 1 saturated carbocycles. The zero-order valence-corrected chi connectivity index (χ0v) is 10.6. The molecule has 16 heavy (non-hydrogen) atoms. The fraction of sp³-hybridized carbons (Fsp3) is 0.923. The molecule has 2 aliphatic rings. The van der Waals surface area contributed by atoms with Crippen LogP contribution in [0.2, 0.25) is 0 Å². The Morgan fingerprint density at radius 2 is 2.12 bits per heavy atom. The van der Waals surface area contributed by atoms with Crippen molar-refractivity contribution in [2.45, 2.75) is 51.0 Å². The molecule has 2 fully saturated rings. The highest BCUT2D eigenvalue weighted by Crippen LogP contribution is 2.34. The van der Waals surface area contributed by atoms with Crippen molar-refractivity contribution in [3.63, 3.8) is 0 Å². The third kappa shape index (κ3) is 2.10. The zero-order chi connectivity index (χ0) is 11.6. The molecule has 0 spiro atoms. The second-order valence-electron chi connectivity index (χ2n) is 5.60. The van der Waals surface area contributed by atoms with E-state index in [9.17, 15) is 4.79 Å². The Morgan fingerprint density at radius 1 is 1.38 bits per heavy atom. The van der Waals surface area contributed by atoms with Crippen LogP contribution in [0.25, 0.3) is 0 Å². The van der Waals surface area contributed by atoms with Crippen LogP contribution in [0.3, 0.4) is 0 Å². The van der Waals surface area contributed by atoms with E-state index in [1.807, 2.05) is 7.05 Å². The minimum Gasteiger partial charge on any atom is -0.336 e. The topological polar surface area (TPSA) is 32.3 Å². The normalized spacial score (nSPS) is 31.2. The summed E-state index contributed by atoms with van der Waals surface area (Å²) in [7, 11) is 1.98. The number of nitrogens with zero attached hydrogens (tertiary/aromatic N) is 1. The van der Waals surface area contributed by atoms with Gasteiger partial charge in [-0.15, -0.1) is 0 Å². The largest absolute Gasteiger partial charge is 0.336 e. The first-order chi connectivity index (χ1) is 7.67. The number of likely N-dealkylation sites (N-methyl/N-ethyl adjacent to an activating group) is 1. The fourth-order valence-electron chi connectivity index (χ4n) is 3.00. The van der Waals surface area contributed by atoms with Gasteiger partial charge in [0.1, 0.15) is 0 Å². The van der Waals surface area contributed by atoms with Crippen molar-refractivity contribution in [1.29, 1.82) is 0 Å². The van der Waals surface area contributed by atoms with E-state index in [-0.39, 0.29) is 5.54 Å². The molecule has 0 aromatic heterocycles. The summed E-state index contributed by atoms with van der Waals surface area (Å²) in [5.74, 6) is 0.762. The van der Waals surface area contributed by atoms with Crippen molar-refractivity contribution < 1.29 is 4.79 Å². The van der Waals surface area contributed by atoms with Gasteiger partial charge < -0.3 is 10.2 Å². The van der Waals surface area contributed by atoms with E-state index in [1.54, 1.807) is 0 Å². The van der Waals surface area contributed by atoms with Crippen molar-refractivity contribution in [1.82, 2.24) is 10.2 Å². The van der Waals surface area contributed by atoms with Gasteiger partial charge in [-0.25, -0.2) is 0 Å². The molecule has 2 rings (SSSR count). The Labute approximate surface area is 98.6 Å². The second kappa shape index (κ2) is 4.74. The molecule has 1 unspecified atom stereocenters. The van der Waals surface area contributed by atoms with Crippen molar-refractivity contribution in [2.24, 2.45) is 5.92 Å². The molecular weight excluding hydrogens is 200 g/mol. The lowest BCUT2D eigenvalue weighted by Gasteiger charge is -2.47. The van der Waals surface area contributed by atoms with E-state index in [2.05, 4.69) is 17.1 Å². The number of carbonyl (C=O) groups excluding carboxylic acids is 1. The van der Waals surface area contributed by atoms with Crippen molar-refractivity contribution >= 4 is 5.91 Å². The SMILES string of the molecule is CNCC1(C)CCCCN1C(=O)C1CCC1. The Hall–Kier alpha value is -0.570. The van der Waals surface area contributed by atoms with Crippen molar-refractivity contribution in [3.8, 4) is 0 Å². The molecule has 1 saturated heterocycles. The number of hydrogen-bond acceptors (Lipinski definition) is 2. The number of piperidine rings is 1. The third-order valence-corrected chi connectivity index (χ3v) is 4.28. The summed E-state index contributed by atoms with van der Waals surface area (Å²) >= 11 is 0. The van der Waals surface area contributed by atoms with Gasteiger partial charge in [0.05, 0.1) is 5.54 Å². The number of nitrogens with one attached hydrogen (secondary N) is 1. The van der Waals surface area contributed by atoms with Crippen LogP contribution in [0, 0.1) is 5.92 Å².